The molecule has 0 fully saturated rings. The summed E-state index contributed by atoms with van der Waals surface area (Å²) in [6.07, 6.45) is 0.187. The van der Waals surface area contributed by atoms with Crippen molar-refractivity contribution in [2.24, 2.45) is 10.9 Å². The van der Waals surface area contributed by atoms with Crippen LogP contribution >= 0.6 is 0 Å². The summed E-state index contributed by atoms with van der Waals surface area (Å²) in [6, 6.07) is 6.79. The Morgan fingerprint density at radius 1 is 1.33 bits per heavy atom. The highest BCUT2D eigenvalue weighted by molar-refractivity contribution is 5.97. The Morgan fingerprint density at radius 2 is 1.95 bits per heavy atom. The molecule has 0 aliphatic carbocycles. The fraction of sp³-hybridized carbons (Fsp3) is 0.357. The van der Waals surface area contributed by atoms with Crippen LogP contribution in [0.25, 0.3) is 0 Å². The number of amidine groups is 1. The van der Waals surface area contributed by atoms with Gasteiger partial charge in [0.25, 0.3) is 0 Å². The van der Waals surface area contributed by atoms with Crippen LogP contribution < -0.4 is 11.1 Å². The van der Waals surface area contributed by atoms with E-state index >= 15 is 0 Å². The third kappa shape index (κ3) is 5.13. The van der Waals surface area contributed by atoms with Crippen LogP contribution in [0.5, 0.6) is 0 Å². The first-order valence-electron chi connectivity index (χ1n) is 6.55. The summed E-state index contributed by atoms with van der Waals surface area (Å²) >= 11 is 0. The minimum Gasteiger partial charge on any atom is -0.409 e. The maximum absolute atomic E-state index is 12.0. The predicted molar refractivity (Wildman–Crippen MR) is 79.0 cm³/mol. The number of benzene rings is 1. The summed E-state index contributed by atoms with van der Waals surface area (Å²) in [5.41, 5.74) is 6.82. The number of oxime groups is 1. The third-order valence-electron chi connectivity index (χ3n) is 2.89. The SMILES string of the molecule is CCNC(=O)CN(C)C(=O)Cc1ccc(C(N)=NO)cc1. The van der Waals surface area contributed by atoms with E-state index in [9.17, 15) is 9.59 Å². The number of nitrogens with zero attached hydrogens (tertiary/aromatic N) is 2. The Hall–Kier alpha value is -2.57. The minimum atomic E-state index is -0.185. The van der Waals surface area contributed by atoms with Gasteiger partial charge in [0.05, 0.1) is 13.0 Å². The number of likely N-dealkylation sites (N-methyl/N-ethyl adjacent to an activating group) is 2. The van der Waals surface area contributed by atoms with Gasteiger partial charge < -0.3 is 21.2 Å². The molecule has 7 nitrogen and oxygen atoms in total. The van der Waals surface area contributed by atoms with Crippen LogP contribution in [-0.2, 0) is 16.0 Å². The van der Waals surface area contributed by atoms with Crippen LogP contribution in [0.3, 0.4) is 0 Å². The molecule has 7 heteroatoms. The largest absolute Gasteiger partial charge is 0.409 e. The Morgan fingerprint density at radius 3 is 2.48 bits per heavy atom. The normalized spacial score (nSPS) is 11.0. The van der Waals surface area contributed by atoms with Crippen LogP contribution in [0.4, 0.5) is 0 Å². The summed E-state index contributed by atoms with van der Waals surface area (Å²) in [4.78, 5) is 24.8. The van der Waals surface area contributed by atoms with E-state index in [4.69, 9.17) is 10.9 Å². The number of carbonyl (C=O) groups is 2. The quantitative estimate of drug-likeness (QED) is 0.295. The van der Waals surface area contributed by atoms with Gasteiger partial charge in [-0.05, 0) is 12.5 Å². The van der Waals surface area contributed by atoms with Crippen molar-refractivity contribution in [2.75, 3.05) is 20.1 Å². The van der Waals surface area contributed by atoms with Gasteiger partial charge in [0.2, 0.25) is 11.8 Å². The Kier molecular flexibility index (Phi) is 6.19. The number of rotatable bonds is 6. The van der Waals surface area contributed by atoms with E-state index in [0.717, 1.165) is 5.56 Å². The zero-order chi connectivity index (χ0) is 15.8. The van der Waals surface area contributed by atoms with E-state index in [0.29, 0.717) is 12.1 Å². The van der Waals surface area contributed by atoms with Crippen molar-refractivity contribution in [3.63, 3.8) is 0 Å². The van der Waals surface area contributed by atoms with Crippen molar-refractivity contribution >= 4 is 17.6 Å². The molecule has 0 radical (unpaired) electrons. The van der Waals surface area contributed by atoms with Crippen molar-refractivity contribution in [2.45, 2.75) is 13.3 Å². The zero-order valence-electron chi connectivity index (χ0n) is 12.2. The van der Waals surface area contributed by atoms with Gasteiger partial charge in [0.1, 0.15) is 0 Å². The molecular weight excluding hydrogens is 272 g/mol. The number of nitrogens with two attached hydrogens (primary N) is 1. The fourth-order valence-corrected chi connectivity index (χ4v) is 1.72. The van der Waals surface area contributed by atoms with Gasteiger partial charge >= 0.3 is 0 Å². The molecule has 0 saturated heterocycles. The molecule has 0 aliphatic rings. The number of hydrogen-bond acceptors (Lipinski definition) is 4. The lowest BCUT2D eigenvalue weighted by Gasteiger charge is -2.16. The van der Waals surface area contributed by atoms with E-state index in [1.54, 1.807) is 31.3 Å². The van der Waals surface area contributed by atoms with Crippen molar-refractivity contribution in [1.29, 1.82) is 0 Å². The lowest BCUT2D eigenvalue weighted by atomic mass is 10.1. The maximum atomic E-state index is 12.0. The van der Waals surface area contributed by atoms with Gasteiger partial charge in [-0.15, -0.1) is 0 Å². The summed E-state index contributed by atoms with van der Waals surface area (Å²) < 4.78 is 0. The Balaban J connectivity index is 2.60. The van der Waals surface area contributed by atoms with Gasteiger partial charge in [-0.2, -0.15) is 0 Å². The van der Waals surface area contributed by atoms with E-state index in [-0.39, 0.29) is 30.6 Å². The molecule has 2 amide bonds. The van der Waals surface area contributed by atoms with Crippen molar-refractivity contribution in [3.8, 4) is 0 Å². The second-order valence-electron chi connectivity index (χ2n) is 4.56. The van der Waals surface area contributed by atoms with E-state index in [1.807, 2.05) is 6.92 Å². The molecule has 1 rings (SSSR count). The highest BCUT2D eigenvalue weighted by atomic mass is 16.4. The van der Waals surface area contributed by atoms with Gasteiger partial charge in [-0.1, -0.05) is 29.4 Å². The number of nitrogens with one attached hydrogen (secondary N) is 1. The summed E-state index contributed by atoms with van der Waals surface area (Å²) in [5.74, 6) is -0.324. The average Bonchev–Trinajstić information content (AvgIpc) is 2.47. The monoisotopic (exact) mass is 292 g/mol. The molecule has 1 aromatic carbocycles. The first-order chi connectivity index (χ1) is 9.97. The maximum Gasteiger partial charge on any atom is 0.239 e. The van der Waals surface area contributed by atoms with E-state index in [2.05, 4.69) is 10.5 Å². The van der Waals surface area contributed by atoms with Crippen LogP contribution in [0.2, 0.25) is 0 Å². The van der Waals surface area contributed by atoms with Crippen LogP contribution in [-0.4, -0.2) is 47.9 Å². The molecule has 0 aromatic heterocycles. The second kappa shape index (κ2) is 7.88. The molecule has 0 bridgehead atoms. The first-order valence-corrected chi connectivity index (χ1v) is 6.55. The van der Waals surface area contributed by atoms with Crippen LogP contribution in [0.15, 0.2) is 29.4 Å². The fourth-order valence-electron chi connectivity index (χ4n) is 1.72. The Labute approximate surface area is 123 Å². The van der Waals surface area contributed by atoms with Crippen molar-refractivity contribution < 1.29 is 14.8 Å². The molecule has 21 heavy (non-hydrogen) atoms. The smallest absolute Gasteiger partial charge is 0.239 e. The molecule has 1 aromatic rings. The van der Waals surface area contributed by atoms with Gasteiger partial charge in [-0.25, -0.2) is 0 Å². The summed E-state index contributed by atoms with van der Waals surface area (Å²) in [6.45, 7) is 2.40. The molecule has 0 aliphatic heterocycles. The topological polar surface area (TPSA) is 108 Å². The first kappa shape index (κ1) is 16.5. The highest BCUT2D eigenvalue weighted by Crippen LogP contribution is 2.06. The predicted octanol–water partition coefficient (Wildman–Crippen LogP) is -0.0819. The van der Waals surface area contributed by atoms with Gasteiger partial charge in [-0.3, -0.25) is 9.59 Å². The lowest BCUT2D eigenvalue weighted by molar-refractivity contribution is -0.134. The minimum absolute atomic E-state index is 0.0150. The molecular formula is C14H20N4O3. The van der Waals surface area contributed by atoms with Crippen molar-refractivity contribution in [3.05, 3.63) is 35.4 Å². The van der Waals surface area contributed by atoms with E-state index < -0.39 is 0 Å². The van der Waals surface area contributed by atoms with Crippen molar-refractivity contribution in [1.82, 2.24) is 10.2 Å². The summed E-state index contributed by atoms with van der Waals surface area (Å²) in [5, 5.41) is 14.1. The summed E-state index contributed by atoms with van der Waals surface area (Å²) in [7, 11) is 1.59. The van der Waals surface area contributed by atoms with Gasteiger partial charge in [0, 0.05) is 19.2 Å². The molecule has 0 heterocycles. The van der Waals surface area contributed by atoms with E-state index in [1.165, 1.54) is 4.90 Å². The molecule has 0 spiro atoms. The third-order valence-corrected chi connectivity index (χ3v) is 2.89. The average molecular weight is 292 g/mol. The molecule has 0 atom stereocenters. The standard InChI is InChI=1S/C14H20N4O3/c1-3-16-12(19)9-18(2)13(20)8-10-4-6-11(7-5-10)14(15)17-21/h4-7,21H,3,8-9H2,1-2H3,(H2,15,17)(H,16,19). The van der Waals surface area contributed by atoms with Crippen LogP contribution in [0, 0.1) is 0 Å². The molecule has 0 unspecified atom stereocenters. The molecule has 4 N–H and O–H groups in total. The number of carbonyl (C=O) groups excluding carboxylic acids is 2. The lowest BCUT2D eigenvalue weighted by Crippen LogP contribution is -2.38. The number of hydrogen-bond donors (Lipinski definition) is 3. The van der Waals surface area contributed by atoms with Gasteiger partial charge in [0.15, 0.2) is 5.84 Å². The second-order valence-corrected chi connectivity index (χ2v) is 4.56. The molecule has 114 valence electrons. The highest BCUT2D eigenvalue weighted by Gasteiger charge is 2.13. The van der Waals surface area contributed by atoms with Crippen LogP contribution in [0.1, 0.15) is 18.1 Å². The Bertz CT molecular complexity index is 526. The number of amides is 2. The zero-order valence-corrected chi connectivity index (χ0v) is 12.2. The molecule has 0 saturated carbocycles.